The third kappa shape index (κ3) is 1.61. The van der Waals surface area contributed by atoms with Crippen molar-refractivity contribution in [1.82, 2.24) is 0 Å². The summed E-state index contributed by atoms with van der Waals surface area (Å²) in [6.07, 6.45) is 3.94. The number of rotatable bonds is 2. The van der Waals surface area contributed by atoms with Crippen molar-refractivity contribution in [2.45, 2.75) is 19.8 Å². The van der Waals surface area contributed by atoms with Crippen LogP contribution >= 0.6 is 0 Å². The highest BCUT2D eigenvalue weighted by molar-refractivity contribution is 6.00. The van der Waals surface area contributed by atoms with E-state index in [4.69, 9.17) is 5.11 Å². The Kier molecular flexibility index (Phi) is 2.44. The van der Waals surface area contributed by atoms with Crippen LogP contribution in [-0.4, -0.2) is 11.1 Å². The molecule has 1 aliphatic rings. The molecule has 2 nitrogen and oxygen atoms in total. The fourth-order valence-electron chi connectivity index (χ4n) is 2.69. The molecule has 1 N–H and O–H groups in total. The number of carbonyl (C=O) groups is 1. The summed E-state index contributed by atoms with van der Waals surface area (Å²) in [6, 6.07) is 10.4. The lowest BCUT2D eigenvalue weighted by atomic mass is 9.99. The molecule has 90 valence electrons. The second-order valence-corrected chi connectivity index (χ2v) is 4.79. The van der Waals surface area contributed by atoms with Crippen molar-refractivity contribution in [3.05, 3.63) is 52.6 Å². The Labute approximate surface area is 106 Å². The van der Waals surface area contributed by atoms with E-state index in [1.54, 1.807) is 13.0 Å². The number of benzene rings is 2. The topological polar surface area (TPSA) is 37.3 Å². The van der Waals surface area contributed by atoms with Gasteiger partial charge in [0, 0.05) is 5.57 Å². The van der Waals surface area contributed by atoms with Gasteiger partial charge in [0.15, 0.2) is 0 Å². The van der Waals surface area contributed by atoms with Crippen molar-refractivity contribution in [3.63, 3.8) is 0 Å². The maximum Gasteiger partial charge on any atom is 0.331 e. The van der Waals surface area contributed by atoms with Crippen LogP contribution in [0.5, 0.6) is 0 Å². The van der Waals surface area contributed by atoms with E-state index in [0.717, 1.165) is 18.4 Å². The maximum absolute atomic E-state index is 10.9. The summed E-state index contributed by atoms with van der Waals surface area (Å²) >= 11 is 0. The molecule has 0 aliphatic heterocycles. The van der Waals surface area contributed by atoms with E-state index in [1.807, 2.05) is 6.07 Å². The predicted molar refractivity (Wildman–Crippen MR) is 72.6 cm³/mol. The van der Waals surface area contributed by atoms with Crippen molar-refractivity contribution >= 4 is 22.8 Å². The molecule has 0 radical (unpaired) electrons. The molecule has 2 aromatic carbocycles. The monoisotopic (exact) mass is 238 g/mol. The Balaban J connectivity index is 2.27. The summed E-state index contributed by atoms with van der Waals surface area (Å²) in [7, 11) is 0. The van der Waals surface area contributed by atoms with Crippen LogP contribution in [-0.2, 0) is 17.6 Å². The van der Waals surface area contributed by atoms with Crippen LogP contribution < -0.4 is 0 Å². The van der Waals surface area contributed by atoms with Crippen molar-refractivity contribution in [2.24, 2.45) is 0 Å². The highest BCUT2D eigenvalue weighted by Crippen LogP contribution is 2.33. The fourth-order valence-corrected chi connectivity index (χ4v) is 2.69. The minimum Gasteiger partial charge on any atom is -0.478 e. The van der Waals surface area contributed by atoms with Gasteiger partial charge in [0.05, 0.1) is 0 Å². The lowest BCUT2D eigenvalue weighted by Gasteiger charge is -2.06. The molecule has 0 saturated carbocycles. The zero-order chi connectivity index (χ0) is 12.7. The second kappa shape index (κ2) is 3.98. The average molecular weight is 238 g/mol. The van der Waals surface area contributed by atoms with Crippen molar-refractivity contribution < 1.29 is 9.90 Å². The largest absolute Gasteiger partial charge is 0.478 e. The first-order chi connectivity index (χ1) is 8.66. The van der Waals surface area contributed by atoms with Gasteiger partial charge in [-0.15, -0.1) is 0 Å². The van der Waals surface area contributed by atoms with Gasteiger partial charge in [0.1, 0.15) is 0 Å². The first kappa shape index (κ1) is 11.0. The van der Waals surface area contributed by atoms with E-state index in [-0.39, 0.29) is 0 Å². The van der Waals surface area contributed by atoms with Crippen molar-refractivity contribution in [2.75, 3.05) is 0 Å². The standard InChI is InChI=1S/C16H14O2/c1-10(16(17)18)9-13-8-7-12-6-5-11-3-2-4-14(13)15(11)12/h2-4,7-9H,5-6H2,1H3,(H,17,18)/b10-9+. The van der Waals surface area contributed by atoms with Gasteiger partial charge in [-0.05, 0) is 53.3 Å². The number of aryl methyl sites for hydroxylation is 2. The first-order valence-electron chi connectivity index (χ1n) is 6.12. The van der Waals surface area contributed by atoms with E-state index in [2.05, 4.69) is 24.3 Å². The highest BCUT2D eigenvalue weighted by atomic mass is 16.4. The second-order valence-electron chi connectivity index (χ2n) is 4.79. The lowest BCUT2D eigenvalue weighted by molar-refractivity contribution is -0.132. The Morgan fingerprint density at radius 3 is 2.61 bits per heavy atom. The van der Waals surface area contributed by atoms with Crippen LogP contribution in [0.2, 0.25) is 0 Å². The zero-order valence-electron chi connectivity index (χ0n) is 10.2. The minimum atomic E-state index is -0.863. The summed E-state index contributed by atoms with van der Waals surface area (Å²) in [5.41, 5.74) is 4.13. The van der Waals surface area contributed by atoms with Crippen LogP contribution in [0.1, 0.15) is 23.6 Å². The molecule has 3 rings (SSSR count). The smallest absolute Gasteiger partial charge is 0.331 e. The van der Waals surface area contributed by atoms with Crippen molar-refractivity contribution in [3.8, 4) is 0 Å². The van der Waals surface area contributed by atoms with Crippen LogP contribution in [0, 0.1) is 0 Å². The molecule has 0 aromatic heterocycles. The first-order valence-corrected chi connectivity index (χ1v) is 6.12. The molecule has 2 aromatic rings. The van der Waals surface area contributed by atoms with Gasteiger partial charge in [0.2, 0.25) is 0 Å². The molecule has 0 unspecified atom stereocenters. The Hall–Kier alpha value is -2.09. The van der Waals surface area contributed by atoms with Gasteiger partial charge < -0.3 is 5.11 Å². The van der Waals surface area contributed by atoms with Crippen LogP contribution in [0.15, 0.2) is 35.9 Å². The van der Waals surface area contributed by atoms with Gasteiger partial charge in [0.25, 0.3) is 0 Å². The van der Waals surface area contributed by atoms with Gasteiger partial charge in [-0.3, -0.25) is 0 Å². The predicted octanol–water partition coefficient (Wildman–Crippen LogP) is 3.43. The Bertz CT molecular complexity index is 671. The summed E-state index contributed by atoms with van der Waals surface area (Å²) in [6.45, 7) is 1.63. The molecule has 2 heteroatoms. The highest BCUT2D eigenvalue weighted by Gasteiger charge is 2.15. The number of carboxylic acids is 1. The third-order valence-corrected chi connectivity index (χ3v) is 3.62. The molecular weight excluding hydrogens is 224 g/mol. The number of hydrogen-bond acceptors (Lipinski definition) is 1. The summed E-state index contributed by atoms with van der Waals surface area (Å²) < 4.78 is 0. The molecule has 0 amide bonds. The van der Waals surface area contributed by atoms with Gasteiger partial charge in [-0.1, -0.05) is 30.3 Å². The SMILES string of the molecule is C/C(=C\c1ccc2c3c(cccc13)CC2)C(=O)O. The average Bonchev–Trinajstić information content (AvgIpc) is 2.77. The van der Waals surface area contributed by atoms with Gasteiger partial charge in [-0.25, -0.2) is 4.79 Å². The quantitative estimate of drug-likeness (QED) is 0.814. The molecule has 0 bridgehead atoms. The van der Waals surface area contributed by atoms with Crippen LogP contribution in [0.3, 0.4) is 0 Å². The Morgan fingerprint density at radius 2 is 1.89 bits per heavy atom. The fraction of sp³-hybridized carbons (Fsp3) is 0.188. The molecule has 0 atom stereocenters. The summed E-state index contributed by atoms with van der Waals surface area (Å²) in [5, 5.41) is 11.5. The molecule has 0 heterocycles. The number of aliphatic carboxylic acids is 1. The van der Waals surface area contributed by atoms with E-state index < -0.39 is 5.97 Å². The third-order valence-electron chi connectivity index (χ3n) is 3.62. The molecule has 0 spiro atoms. The van der Waals surface area contributed by atoms with E-state index in [9.17, 15) is 4.79 Å². The zero-order valence-corrected chi connectivity index (χ0v) is 10.2. The summed E-state index contributed by atoms with van der Waals surface area (Å²) in [5.74, 6) is -0.863. The van der Waals surface area contributed by atoms with Gasteiger partial charge >= 0.3 is 5.97 Å². The maximum atomic E-state index is 10.9. The van der Waals surface area contributed by atoms with E-state index >= 15 is 0 Å². The van der Waals surface area contributed by atoms with Crippen LogP contribution in [0.25, 0.3) is 16.8 Å². The number of carboxylic acid groups (broad SMARTS) is 1. The molecular formula is C16H14O2. The van der Waals surface area contributed by atoms with Gasteiger partial charge in [-0.2, -0.15) is 0 Å². The number of hydrogen-bond donors (Lipinski definition) is 1. The minimum absolute atomic E-state index is 0.369. The van der Waals surface area contributed by atoms with E-state index in [1.165, 1.54) is 21.9 Å². The molecule has 0 fully saturated rings. The molecule has 18 heavy (non-hydrogen) atoms. The summed E-state index contributed by atoms with van der Waals surface area (Å²) in [4.78, 5) is 10.9. The lowest BCUT2D eigenvalue weighted by Crippen LogP contribution is -1.95. The van der Waals surface area contributed by atoms with Crippen molar-refractivity contribution in [1.29, 1.82) is 0 Å². The molecule has 1 aliphatic carbocycles. The van der Waals surface area contributed by atoms with E-state index in [0.29, 0.717) is 5.57 Å². The molecule has 0 saturated heterocycles. The Morgan fingerprint density at radius 1 is 1.17 bits per heavy atom. The van der Waals surface area contributed by atoms with Crippen LogP contribution in [0.4, 0.5) is 0 Å². The normalized spacial score (nSPS) is 14.2.